The Bertz CT molecular complexity index is 803. The van der Waals surface area contributed by atoms with Crippen LogP contribution in [0.4, 0.5) is 0 Å². The Balaban J connectivity index is 2.00. The fourth-order valence-electron chi connectivity index (χ4n) is 2.11. The van der Waals surface area contributed by atoms with E-state index in [-0.39, 0.29) is 5.78 Å². The number of carbonyl (C=O) groups excluding carboxylic acids is 1. The minimum atomic E-state index is -0.0734. The highest BCUT2D eigenvalue weighted by molar-refractivity contribution is 6.10. The summed E-state index contributed by atoms with van der Waals surface area (Å²) in [5, 5.41) is 8.13. The third-order valence-corrected chi connectivity index (χ3v) is 3.45. The Hall–Kier alpha value is -2.83. The zero-order valence-corrected chi connectivity index (χ0v) is 12.0. The first-order valence-corrected chi connectivity index (χ1v) is 6.44. The maximum Gasteiger partial charge on any atom is 0.198 e. The molecule has 0 aliphatic carbocycles. The van der Waals surface area contributed by atoms with E-state index in [0.29, 0.717) is 22.6 Å². The summed E-state index contributed by atoms with van der Waals surface area (Å²) >= 11 is 0. The first-order chi connectivity index (χ1) is 10.1. The molecule has 0 aromatic carbocycles. The highest BCUT2D eigenvalue weighted by atomic mass is 16.1. The van der Waals surface area contributed by atoms with Crippen LogP contribution in [0.1, 0.15) is 27.3 Å². The second-order valence-corrected chi connectivity index (χ2v) is 4.74. The van der Waals surface area contributed by atoms with E-state index in [1.54, 1.807) is 40.9 Å². The highest BCUT2D eigenvalue weighted by Gasteiger charge is 2.18. The fourth-order valence-corrected chi connectivity index (χ4v) is 2.11. The van der Waals surface area contributed by atoms with Crippen molar-refractivity contribution >= 4 is 5.78 Å². The Morgan fingerprint density at radius 2 is 1.95 bits per heavy atom. The van der Waals surface area contributed by atoms with Gasteiger partial charge in [0.15, 0.2) is 11.6 Å². The van der Waals surface area contributed by atoms with Gasteiger partial charge in [-0.1, -0.05) is 0 Å². The summed E-state index contributed by atoms with van der Waals surface area (Å²) < 4.78 is 3.23. The standard InChI is InChI=1S/C14H14N6O/c1-9-11(14(21)12-6-16-19(3)10(12)2)4-5-13(18-9)20-8-15-7-17-20/h4-8H,1-3H3. The van der Waals surface area contributed by atoms with Crippen molar-refractivity contribution in [3.63, 3.8) is 0 Å². The van der Waals surface area contributed by atoms with E-state index in [9.17, 15) is 4.79 Å². The lowest BCUT2D eigenvalue weighted by atomic mass is 10.0. The maximum absolute atomic E-state index is 12.6. The summed E-state index contributed by atoms with van der Waals surface area (Å²) in [6.07, 6.45) is 4.59. The molecule has 0 fully saturated rings. The average Bonchev–Trinajstić information content (AvgIpc) is 3.10. The zero-order valence-electron chi connectivity index (χ0n) is 12.0. The van der Waals surface area contributed by atoms with Crippen molar-refractivity contribution in [2.45, 2.75) is 13.8 Å². The third kappa shape index (κ3) is 2.22. The highest BCUT2D eigenvalue weighted by Crippen LogP contribution is 2.16. The normalized spacial score (nSPS) is 10.8. The molecule has 7 nitrogen and oxygen atoms in total. The van der Waals surface area contributed by atoms with Crippen LogP contribution in [0.25, 0.3) is 5.82 Å². The van der Waals surface area contributed by atoms with Crippen molar-refractivity contribution in [3.05, 3.63) is 53.5 Å². The number of rotatable bonds is 3. The van der Waals surface area contributed by atoms with Crippen LogP contribution in [-0.4, -0.2) is 35.3 Å². The van der Waals surface area contributed by atoms with Crippen LogP contribution < -0.4 is 0 Å². The molecule has 0 saturated heterocycles. The van der Waals surface area contributed by atoms with Gasteiger partial charge < -0.3 is 0 Å². The first-order valence-electron chi connectivity index (χ1n) is 6.44. The molecular weight excluding hydrogens is 268 g/mol. The molecule has 0 atom stereocenters. The summed E-state index contributed by atoms with van der Waals surface area (Å²) in [6, 6.07) is 3.51. The van der Waals surface area contributed by atoms with Gasteiger partial charge >= 0.3 is 0 Å². The molecule has 0 aliphatic rings. The minimum Gasteiger partial charge on any atom is -0.288 e. The van der Waals surface area contributed by atoms with E-state index in [1.165, 1.54) is 6.33 Å². The zero-order chi connectivity index (χ0) is 15.0. The Morgan fingerprint density at radius 1 is 1.14 bits per heavy atom. The minimum absolute atomic E-state index is 0.0734. The second kappa shape index (κ2) is 4.93. The van der Waals surface area contributed by atoms with Crippen molar-refractivity contribution in [3.8, 4) is 5.82 Å². The quantitative estimate of drug-likeness (QED) is 0.675. The molecule has 0 saturated carbocycles. The molecule has 7 heteroatoms. The van der Waals surface area contributed by atoms with Crippen LogP contribution in [0, 0.1) is 13.8 Å². The Kier molecular flexibility index (Phi) is 3.09. The first kappa shape index (κ1) is 13.2. The predicted octanol–water partition coefficient (Wildman–Crippen LogP) is 1.24. The van der Waals surface area contributed by atoms with Crippen LogP contribution >= 0.6 is 0 Å². The lowest BCUT2D eigenvalue weighted by molar-refractivity contribution is 0.103. The summed E-state index contributed by atoms with van der Waals surface area (Å²) in [7, 11) is 1.81. The van der Waals surface area contributed by atoms with Gasteiger partial charge in [-0.15, -0.1) is 0 Å². The van der Waals surface area contributed by atoms with Crippen LogP contribution in [0.5, 0.6) is 0 Å². The van der Waals surface area contributed by atoms with E-state index >= 15 is 0 Å². The third-order valence-electron chi connectivity index (χ3n) is 3.45. The predicted molar refractivity (Wildman–Crippen MR) is 75.3 cm³/mol. The van der Waals surface area contributed by atoms with Gasteiger partial charge in [-0.2, -0.15) is 10.2 Å². The van der Waals surface area contributed by atoms with Gasteiger partial charge in [0.2, 0.25) is 0 Å². The molecule has 0 bridgehead atoms. The lowest BCUT2D eigenvalue weighted by Crippen LogP contribution is -2.09. The van der Waals surface area contributed by atoms with Gasteiger partial charge in [0.1, 0.15) is 12.7 Å². The number of aryl methyl sites for hydroxylation is 2. The summed E-state index contributed by atoms with van der Waals surface area (Å²) in [6.45, 7) is 3.67. The van der Waals surface area contributed by atoms with Crippen LogP contribution in [0.2, 0.25) is 0 Å². The van der Waals surface area contributed by atoms with E-state index in [4.69, 9.17) is 0 Å². The van der Waals surface area contributed by atoms with E-state index in [1.807, 2.05) is 14.0 Å². The number of carbonyl (C=O) groups is 1. The van der Waals surface area contributed by atoms with Gasteiger partial charge in [-0.25, -0.2) is 14.6 Å². The van der Waals surface area contributed by atoms with Gasteiger partial charge in [-0.3, -0.25) is 9.48 Å². The van der Waals surface area contributed by atoms with Crippen molar-refractivity contribution in [1.82, 2.24) is 29.5 Å². The molecule has 0 N–H and O–H groups in total. The van der Waals surface area contributed by atoms with Crippen LogP contribution in [0.15, 0.2) is 31.0 Å². The Labute approximate surface area is 121 Å². The van der Waals surface area contributed by atoms with Gasteiger partial charge in [-0.05, 0) is 26.0 Å². The monoisotopic (exact) mass is 282 g/mol. The topological polar surface area (TPSA) is 78.5 Å². The molecule has 0 aliphatic heterocycles. The number of ketones is 1. The molecule has 3 rings (SSSR count). The van der Waals surface area contributed by atoms with Crippen molar-refractivity contribution in [2.24, 2.45) is 7.05 Å². The number of nitrogens with zero attached hydrogens (tertiary/aromatic N) is 6. The van der Waals surface area contributed by atoms with Crippen molar-refractivity contribution in [1.29, 1.82) is 0 Å². The van der Waals surface area contributed by atoms with E-state index < -0.39 is 0 Å². The maximum atomic E-state index is 12.6. The van der Waals surface area contributed by atoms with E-state index in [0.717, 1.165) is 5.69 Å². The Morgan fingerprint density at radius 3 is 2.52 bits per heavy atom. The molecule has 21 heavy (non-hydrogen) atoms. The molecule has 3 aromatic heterocycles. The second-order valence-electron chi connectivity index (χ2n) is 4.74. The molecule has 0 unspecified atom stereocenters. The van der Waals surface area contributed by atoms with Crippen molar-refractivity contribution < 1.29 is 4.79 Å². The van der Waals surface area contributed by atoms with Crippen LogP contribution in [-0.2, 0) is 7.05 Å². The summed E-state index contributed by atoms with van der Waals surface area (Å²) in [5.74, 6) is 0.556. The molecule has 0 amide bonds. The number of hydrogen-bond donors (Lipinski definition) is 0. The molecule has 3 aromatic rings. The van der Waals surface area contributed by atoms with Crippen molar-refractivity contribution in [2.75, 3.05) is 0 Å². The summed E-state index contributed by atoms with van der Waals surface area (Å²) in [4.78, 5) is 20.9. The molecule has 106 valence electrons. The molecular formula is C14H14N6O. The molecule has 0 radical (unpaired) electrons. The molecule has 3 heterocycles. The molecule has 0 spiro atoms. The number of pyridine rings is 1. The van der Waals surface area contributed by atoms with E-state index in [2.05, 4.69) is 20.2 Å². The van der Waals surface area contributed by atoms with Gasteiger partial charge in [0.25, 0.3) is 0 Å². The lowest BCUT2D eigenvalue weighted by Gasteiger charge is -2.06. The van der Waals surface area contributed by atoms with Gasteiger partial charge in [0, 0.05) is 18.3 Å². The largest absolute Gasteiger partial charge is 0.288 e. The average molecular weight is 282 g/mol. The smallest absolute Gasteiger partial charge is 0.198 e. The number of aromatic nitrogens is 6. The fraction of sp³-hybridized carbons (Fsp3) is 0.214. The van der Waals surface area contributed by atoms with Crippen LogP contribution in [0.3, 0.4) is 0 Å². The SMILES string of the molecule is Cc1nc(-n2cncn2)ccc1C(=O)c1cnn(C)c1C. The van der Waals surface area contributed by atoms with Gasteiger partial charge in [0.05, 0.1) is 17.5 Å². The number of hydrogen-bond acceptors (Lipinski definition) is 5. The summed E-state index contributed by atoms with van der Waals surface area (Å²) in [5.41, 5.74) is 2.64.